The SMILES string of the molecule is CCC(C)C(NC(=O)C(N)C(C)O)C(=O)NC(C(=O)NC(CCCN=C(N)N)C(=O)O)C(C)O. The molecule has 34 heavy (non-hydrogen) atoms. The van der Waals surface area contributed by atoms with Crippen molar-refractivity contribution in [2.45, 2.75) is 83.3 Å². The molecule has 0 saturated heterocycles. The first kappa shape index (κ1) is 31.0. The third kappa shape index (κ3) is 10.8. The summed E-state index contributed by atoms with van der Waals surface area (Å²) >= 11 is 0. The van der Waals surface area contributed by atoms with Gasteiger partial charge in [-0.1, -0.05) is 20.3 Å². The van der Waals surface area contributed by atoms with Gasteiger partial charge in [0.25, 0.3) is 0 Å². The molecule has 0 heterocycles. The van der Waals surface area contributed by atoms with Crippen molar-refractivity contribution in [3.63, 3.8) is 0 Å². The van der Waals surface area contributed by atoms with Gasteiger partial charge in [-0.2, -0.15) is 0 Å². The smallest absolute Gasteiger partial charge is 0.326 e. The van der Waals surface area contributed by atoms with Gasteiger partial charge in [-0.25, -0.2) is 4.79 Å². The molecule has 0 bridgehead atoms. The lowest BCUT2D eigenvalue weighted by Gasteiger charge is -2.29. The molecule has 0 aromatic rings. The number of carboxylic acid groups (broad SMARTS) is 1. The molecule has 12 N–H and O–H groups in total. The van der Waals surface area contributed by atoms with Gasteiger partial charge in [0.2, 0.25) is 17.7 Å². The summed E-state index contributed by atoms with van der Waals surface area (Å²) in [6.07, 6.45) is -1.80. The van der Waals surface area contributed by atoms with Crippen LogP contribution < -0.4 is 33.2 Å². The average molecular weight is 490 g/mol. The second-order valence-corrected chi connectivity index (χ2v) is 8.21. The fourth-order valence-electron chi connectivity index (χ4n) is 2.84. The van der Waals surface area contributed by atoms with Gasteiger partial charge in [0.1, 0.15) is 24.2 Å². The van der Waals surface area contributed by atoms with Crippen molar-refractivity contribution in [3.05, 3.63) is 0 Å². The van der Waals surface area contributed by atoms with Gasteiger partial charge in [0, 0.05) is 6.54 Å². The molecule has 196 valence electrons. The maximum atomic E-state index is 12.9. The Morgan fingerprint density at radius 2 is 1.41 bits per heavy atom. The number of aliphatic hydroxyl groups excluding tert-OH is 2. The lowest BCUT2D eigenvalue weighted by Crippen LogP contribution is -2.61. The summed E-state index contributed by atoms with van der Waals surface area (Å²) < 4.78 is 0. The molecule has 0 aliphatic rings. The molecule has 14 nitrogen and oxygen atoms in total. The van der Waals surface area contributed by atoms with Crippen LogP contribution in [0.1, 0.15) is 47.0 Å². The first-order valence-corrected chi connectivity index (χ1v) is 11.0. The Morgan fingerprint density at radius 3 is 1.85 bits per heavy atom. The summed E-state index contributed by atoms with van der Waals surface area (Å²) in [6, 6.07) is -5.20. The summed E-state index contributed by atoms with van der Waals surface area (Å²) in [5.41, 5.74) is 16.1. The van der Waals surface area contributed by atoms with E-state index >= 15 is 0 Å². The molecule has 0 spiro atoms. The normalized spacial score (nSPS) is 17.1. The van der Waals surface area contributed by atoms with E-state index in [0.717, 1.165) is 0 Å². The summed E-state index contributed by atoms with van der Waals surface area (Å²) in [7, 11) is 0. The van der Waals surface area contributed by atoms with Gasteiger partial charge in [0.15, 0.2) is 5.96 Å². The molecule has 0 saturated carbocycles. The van der Waals surface area contributed by atoms with E-state index in [-0.39, 0.29) is 31.3 Å². The summed E-state index contributed by atoms with van der Waals surface area (Å²) in [5, 5.41) is 36.1. The van der Waals surface area contributed by atoms with Crippen LogP contribution in [0.5, 0.6) is 0 Å². The minimum Gasteiger partial charge on any atom is -0.480 e. The van der Waals surface area contributed by atoms with Crippen LogP contribution in [0.4, 0.5) is 0 Å². The number of guanidine groups is 1. The Hall–Kier alpha value is -2.97. The van der Waals surface area contributed by atoms with E-state index in [2.05, 4.69) is 20.9 Å². The van der Waals surface area contributed by atoms with Crippen LogP contribution in [0, 0.1) is 5.92 Å². The predicted octanol–water partition coefficient (Wildman–Crippen LogP) is -3.29. The number of aliphatic hydroxyl groups is 2. The van der Waals surface area contributed by atoms with Gasteiger partial charge in [0.05, 0.1) is 12.2 Å². The first-order valence-electron chi connectivity index (χ1n) is 11.0. The van der Waals surface area contributed by atoms with Crippen LogP contribution in [0.25, 0.3) is 0 Å². The van der Waals surface area contributed by atoms with Gasteiger partial charge < -0.3 is 48.5 Å². The van der Waals surface area contributed by atoms with Gasteiger partial charge >= 0.3 is 5.97 Å². The lowest BCUT2D eigenvalue weighted by molar-refractivity contribution is -0.143. The van der Waals surface area contributed by atoms with Crippen LogP contribution in [-0.4, -0.2) is 87.9 Å². The average Bonchev–Trinajstić information content (AvgIpc) is 2.75. The quantitative estimate of drug-likeness (QED) is 0.0629. The third-order valence-corrected chi connectivity index (χ3v) is 5.24. The molecule has 0 aliphatic heterocycles. The van der Waals surface area contributed by atoms with Crippen molar-refractivity contribution in [2.24, 2.45) is 28.1 Å². The second kappa shape index (κ2) is 15.0. The molecule has 0 aromatic heterocycles. The van der Waals surface area contributed by atoms with E-state index in [0.29, 0.717) is 6.42 Å². The van der Waals surface area contributed by atoms with Crippen LogP contribution in [0.15, 0.2) is 4.99 Å². The Labute approximate surface area is 198 Å². The van der Waals surface area contributed by atoms with Crippen LogP contribution in [-0.2, 0) is 19.2 Å². The standard InChI is InChI=1S/C20H39N7O7/c1-5-9(2)14(26-16(30)13(21)10(3)28)17(31)27-15(11(4)29)18(32)25-12(19(33)34)7-6-8-24-20(22)23/h9-15,28-29H,5-8,21H2,1-4H3,(H,25,32)(H,26,30)(H,27,31)(H,33,34)(H4,22,23,24). The Kier molecular flexibility index (Phi) is 13.7. The van der Waals surface area contributed by atoms with Crippen LogP contribution in [0.2, 0.25) is 0 Å². The Bertz CT molecular complexity index is 726. The monoisotopic (exact) mass is 489 g/mol. The lowest BCUT2D eigenvalue weighted by atomic mass is 9.97. The molecule has 0 aromatic carbocycles. The molecule has 0 rings (SSSR count). The number of hydrogen-bond acceptors (Lipinski definition) is 8. The van der Waals surface area contributed by atoms with Gasteiger partial charge in [-0.3, -0.25) is 19.4 Å². The van der Waals surface area contributed by atoms with Crippen LogP contribution >= 0.6 is 0 Å². The van der Waals surface area contributed by atoms with E-state index < -0.39 is 60.1 Å². The van der Waals surface area contributed by atoms with E-state index in [1.165, 1.54) is 13.8 Å². The number of nitrogens with zero attached hydrogens (tertiary/aromatic N) is 1. The maximum Gasteiger partial charge on any atom is 0.326 e. The summed E-state index contributed by atoms with van der Waals surface area (Å²) in [6.45, 7) is 6.20. The molecular formula is C20H39N7O7. The van der Waals surface area contributed by atoms with E-state index in [1.807, 2.05) is 0 Å². The first-order chi connectivity index (χ1) is 15.7. The van der Waals surface area contributed by atoms with Gasteiger partial charge in [-0.05, 0) is 32.6 Å². The van der Waals surface area contributed by atoms with Crippen molar-refractivity contribution in [1.29, 1.82) is 0 Å². The topological polar surface area (TPSA) is 255 Å². The minimum atomic E-state index is -1.50. The highest BCUT2D eigenvalue weighted by molar-refractivity contribution is 5.94. The number of nitrogens with two attached hydrogens (primary N) is 3. The fraction of sp³-hybridized carbons (Fsp3) is 0.750. The molecule has 3 amide bonds. The Balaban J connectivity index is 5.42. The molecule has 0 fully saturated rings. The zero-order valence-corrected chi connectivity index (χ0v) is 20.0. The van der Waals surface area contributed by atoms with E-state index in [9.17, 15) is 34.5 Å². The zero-order valence-electron chi connectivity index (χ0n) is 20.0. The van der Waals surface area contributed by atoms with E-state index in [1.54, 1.807) is 13.8 Å². The molecule has 7 unspecified atom stereocenters. The summed E-state index contributed by atoms with van der Waals surface area (Å²) in [4.78, 5) is 53.1. The largest absolute Gasteiger partial charge is 0.480 e. The number of amides is 3. The number of hydrogen-bond donors (Lipinski definition) is 9. The second-order valence-electron chi connectivity index (χ2n) is 8.21. The third-order valence-electron chi connectivity index (χ3n) is 5.24. The van der Waals surface area contributed by atoms with Gasteiger partial charge in [-0.15, -0.1) is 0 Å². The number of aliphatic carboxylic acids is 1. The predicted molar refractivity (Wildman–Crippen MR) is 124 cm³/mol. The number of carbonyl (C=O) groups excluding carboxylic acids is 3. The highest BCUT2D eigenvalue weighted by atomic mass is 16.4. The molecule has 0 radical (unpaired) electrons. The maximum absolute atomic E-state index is 12.9. The number of nitrogens with one attached hydrogen (secondary N) is 3. The number of rotatable bonds is 15. The zero-order chi connectivity index (χ0) is 26.6. The highest BCUT2D eigenvalue weighted by Gasteiger charge is 2.34. The number of carboxylic acids is 1. The molecule has 0 aliphatic carbocycles. The van der Waals surface area contributed by atoms with Crippen molar-refractivity contribution in [1.82, 2.24) is 16.0 Å². The minimum absolute atomic E-state index is 0.00110. The van der Waals surface area contributed by atoms with Crippen molar-refractivity contribution in [3.8, 4) is 0 Å². The number of carbonyl (C=O) groups is 4. The molecule has 7 atom stereocenters. The highest BCUT2D eigenvalue weighted by Crippen LogP contribution is 2.10. The molecular weight excluding hydrogens is 450 g/mol. The Morgan fingerprint density at radius 1 is 0.882 bits per heavy atom. The fourth-order valence-corrected chi connectivity index (χ4v) is 2.84. The van der Waals surface area contributed by atoms with Crippen molar-refractivity contribution < 1.29 is 34.5 Å². The molecule has 14 heteroatoms. The van der Waals surface area contributed by atoms with E-state index in [4.69, 9.17) is 17.2 Å². The van der Waals surface area contributed by atoms with Crippen LogP contribution in [0.3, 0.4) is 0 Å². The summed E-state index contributed by atoms with van der Waals surface area (Å²) in [5.74, 6) is -4.31. The van der Waals surface area contributed by atoms with Crippen molar-refractivity contribution in [2.75, 3.05) is 6.54 Å². The van der Waals surface area contributed by atoms with Crippen molar-refractivity contribution >= 4 is 29.7 Å². The number of aliphatic imine (C=N–C) groups is 1.